The molecule has 0 aliphatic heterocycles. The van der Waals surface area contributed by atoms with Gasteiger partial charge in [0.05, 0.1) is 11.0 Å². The summed E-state index contributed by atoms with van der Waals surface area (Å²) in [7, 11) is 0. The average molecular weight is 611 g/mol. The van der Waals surface area contributed by atoms with Crippen LogP contribution in [0.5, 0.6) is 0 Å². The van der Waals surface area contributed by atoms with Gasteiger partial charge in [-0.15, -0.1) is 22.7 Å². The number of fused-ring (bicyclic) bond motifs is 10. The SMILES string of the molecule is c1ccc(-c2nc(-c3ccccc3)nc(-n3c4ccccc4c4cc5sc6c(ccc7sc8ccccc8c76)c5cc43)n2)cc1. The van der Waals surface area contributed by atoms with Crippen LogP contribution in [-0.4, -0.2) is 19.5 Å². The van der Waals surface area contributed by atoms with Gasteiger partial charge in [0.25, 0.3) is 0 Å². The van der Waals surface area contributed by atoms with Gasteiger partial charge in [-0.2, -0.15) is 9.97 Å². The quantitative estimate of drug-likeness (QED) is 0.200. The number of aromatic nitrogens is 4. The summed E-state index contributed by atoms with van der Waals surface area (Å²) in [6.45, 7) is 0. The fourth-order valence-electron chi connectivity index (χ4n) is 6.62. The molecular formula is C39H22N4S2. The first-order chi connectivity index (χ1) is 22.3. The molecule has 210 valence electrons. The van der Waals surface area contributed by atoms with E-state index in [-0.39, 0.29) is 0 Å². The van der Waals surface area contributed by atoms with Gasteiger partial charge in [0.1, 0.15) is 0 Å². The van der Waals surface area contributed by atoms with Crippen LogP contribution in [0.25, 0.3) is 90.9 Å². The first-order valence-corrected chi connectivity index (χ1v) is 16.5. The maximum atomic E-state index is 5.11. The van der Waals surface area contributed by atoms with Gasteiger partial charge < -0.3 is 0 Å². The molecule has 10 aromatic rings. The van der Waals surface area contributed by atoms with E-state index in [4.69, 9.17) is 15.0 Å². The second kappa shape index (κ2) is 9.53. The highest BCUT2D eigenvalue weighted by atomic mass is 32.1. The minimum absolute atomic E-state index is 0.610. The zero-order chi connectivity index (χ0) is 29.5. The lowest BCUT2D eigenvalue weighted by molar-refractivity contribution is 0.954. The molecule has 0 atom stereocenters. The van der Waals surface area contributed by atoms with E-state index < -0.39 is 0 Å². The van der Waals surface area contributed by atoms with Crippen molar-refractivity contribution in [1.82, 2.24) is 19.5 Å². The molecule has 0 radical (unpaired) electrons. The molecule has 4 aromatic heterocycles. The molecular weight excluding hydrogens is 589 g/mol. The Morgan fingerprint density at radius 1 is 0.422 bits per heavy atom. The van der Waals surface area contributed by atoms with E-state index in [1.54, 1.807) is 0 Å². The third kappa shape index (κ3) is 3.73. The molecule has 0 aliphatic carbocycles. The molecule has 0 saturated heterocycles. The van der Waals surface area contributed by atoms with Gasteiger partial charge in [-0.3, -0.25) is 4.57 Å². The molecule has 0 bridgehead atoms. The van der Waals surface area contributed by atoms with E-state index in [9.17, 15) is 0 Å². The highest BCUT2D eigenvalue weighted by molar-refractivity contribution is 7.29. The van der Waals surface area contributed by atoms with Crippen LogP contribution < -0.4 is 0 Å². The molecule has 10 rings (SSSR count). The molecule has 0 fully saturated rings. The van der Waals surface area contributed by atoms with Crippen molar-refractivity contribution in [3.05, 3.63) is 133 Å². The largest absolute Gasteiger partial charge is 0.278 e. The molecule has 6 aromatic carbocycles. The summed E-state index contributed by atoms with van der Waals surface area (Å²) in [5.74, 6) is 1.91. The van der Waals surface area contributed by atoms with Gasteiger partial charge in [-0.25, -0.2) is 4.98 Å². The molecule has 0 aliphatic rings. The Balaban J connectivity index is 1.31. The summed E-state index contributed by atoms with van der Waals surface area (Å²) in [5.41, 5.74) is 4.07. The third-order valence-electron chi connectivity index (χ3n) is 8.66. The molecule has 0 unspecified atom stereocenters. The molecule has 0 spiro atoms. The monoisotopic (exact) mass is 610 g/mol. The van der Waals surface area contributed by atoms with Crippen LogP contribution >= 0.6 is 22.7 Å². The van der Waals surface area contributed by atoms with Crippen LogP contribution in [0.2, 0.25) is 0 Å². The van der Waals surface area contributed by atoms with E-state index in [1.807, 2.05) is 59.1 Å². The Labute approximate surface area is 265 Å². The zero-order valence-corrected chi connectivity index (χ0v) is 25.4. The van der Waals surface area contributed by atoms with Gasteiger partial charge in [0.2, 0.25) is 5.95 Å². The van der Waals surface area contributed by atoms with E-state index in [2.05, 4.69) is 102 Å². The first kappa shape index (κ1) is 25.0. The maximum Gasteiger partial charge on any atom is 0.238 e. The lowest BCUT2D eigenvalue weighted by Gasteiger charge is -2.11. The normalized spacial score (nSPS) is 12.0. The van der Waals surface area contributed by atoms with Crippen molar-refractivity contribution in [1.29, 1.82) is 0 Å². The summed E-state index contributed by atoms with van der Waals surface area (Å²) >= 11 is 3.77. The Hall–Kier alpha value is -5.43. The second-order valence-corrected chi connectivity index (χ2v) is 13.4. The standard InChI is InChI=1S/C39H22N4S2/c1-3-11-23(12-4-1)37-40-38(24-13-5-2-6-14-24)42-39(41-37)43-30-17-9-7-15-25(30)28-22-34-29(21-31(28)43)26-19-20-33-35(36(26)45-34)27-16-8-10-18-32(27)44-33/h1-22H. The number of para-hydroxylation sites is 1. The van der Waals surface area contributed by atoms with Crippen molar-refractivity contribution >= 4 is 84.8 Å². The lowest BCUT2D eigenvalue weighted by Crippen LogP contribution is -2.06. The van der Waals surface area contributed by atoms with E-state index in [0.29, 0.717) is 17.6 Å². The summed E-state index contributed by atoms with van der Waals surface area (Å²) < 4.78 is 7.52. The van der Waals surface area contributed by atoms with Crippen LogP contribution in [0.3, 0.4) is 0 Å². The average Bonchev–Trinajstić information content (AvgIpc) is 3.77. The number of thiophene rings is 2. The van der Waals surface area contributed by atoms with Crippen molar-refractivity contribution in [2.75, 3.05) is 0 Å². The zero-order valence-electron chi connectivity index (χ0n) is 23.8. The van der Waals surface area contributed by atoms with Crippen LogP contribution in [0.15, 0.2) is 133 Å². The number of hydrogen-bond donors (Lipinski definition) is 0. The van der Waals surface area contributed by atoms with Crippen LogP contribution in [0.4, 0.5) is 0 Å². The fourth-order valence-corrected chi connectivity index (χ4v) is 9.08. The number of hydrogen-bond acceptors (Lipinski definition) is 5. The fraction of sp³-hybridized carbons (Fsp3) is 0. The van der Waals surface area contributed by atoms with Crippen molar-refractivity contribution in [3.8, 4) is 28.7 Å². The Bertz CT molecular complexity index is 2700. The molecule has 6 heteroatoms. The highest BCUT2D eigenvalue weighted by Crippen LogP contribution is 2.46. The van der Waals surface area contributed by atoms with Crippen molar-refractivity contribution in [2.45, 2.75) is 0 Å². The number of nitrogens with zero attached hydrogens (tertiary/aromatic N) is 4. The molecule has 4 heterocycles. The summed E-state index contributed by atoms with van der Waals surface area (Å²) in [6.07, 6.45) is 0. The van der Waals surface area contributed by atoms with E-state index in [1.165, 1.54) is 51.1 Å². The summed E-state index contributed by atoms with van der Waals surface area (Å²) in [6, 6.07) is 46.9. The van der Waals surface area contributed by atoms with Gasteiger partial charge in [0, 0.05) is 62.2 Å². The van der Waals surface area contributed by atoms with Crippen LogP contribution in [-0.2, 0) is 0 Å². The Morgan fingerprint density at radius 3 is 1.84 bits per heavy atom. The third-order valence-corrected chi connectivity index (χ3v) is 11.0. The Morgan fingerprint density at radius 2 is 1.09 bits per heavy atom. The maximum absolute atomic E-state index is 5.11. The van der Waals surface area contributed by atoms with Crippen LogP contribution in [0.1, 0.15) is 0 Å². The van der Waals surface area contributed by atoms with Crippen molar-refractivity contribution in [3.63, 3.8) is 0 Å². The topological polar surface area (TPSA) is 43.6 Å². The smallest absolute Gasteiger partial charge is 0.238 e. The van der Waals surface area contributed by atoms with Gasteiger partial charge >= 0.3 is 0 Å². The minimum Gasteiger partial charge on any atom is -0.278 e. The molecule has 0 amide bonds. The summed E-state index contributed by atoms with van der Waals surface area (Å²) in [5, 5.41) is 7.62. The first-order valence-electron chi connectivity index (χ1n) is 14.9. The lowest BCUT2D eigenvalue weighted by atomic mass is 10.1. The van der Waals surface area contributed by atoms with Crippen molar-refractivity contribution < 1.29 is 0 Å². The van der Waals surface area contributed by atoms with Gasteiger partial charge in [-0.05, 0) is 30.3 Å². The molecule has 0 N–H and O–H groups in total. The molecule has 45 heavy (non-hydrogen) atoms. The highest BCUT2D eigenvalue weighted by Gasteiger charge is 2.20. The van der Waals surface area contributed by atoms with Crippen molar-refractivity contribution in [2.24, 2.45) is 0 Å². The predicted octanol–water partition coefficient (Wildman–Crippen LogP) is 11.0. The van der Waals surface area contributed by atoms with Crippen LogP contribution in [0, 0.1) is 0 Å². The second-order valence-electron chi connectivity index (χ2n) is 11.2. The van der Waals surface area contributed by atoms with Gasteiger partial charge in [-0.1, -0.05) is 103 Å². The Kier molecular flexibility index (Phi) is 5.29. The molecule has 0 saturated carbocycles. The van der Waals surface area contributed by atoms with Gasteiger partial charge in [0.15, 0.2) is 11.6 Å². The summed E-state index contributed by atoms with van der Waals surface area (Å²) in [4.78, 5) is 15.2. The predicted molar refractivity (Wildman–Crippen MR) is 191 cm³/mol. The number of rotatable bonds is 3. The number of benzene rings is 6. The van der Waals surface area contributed by atoms with E-state index >= 15 is 0 Å². The van der Waals surface area contributed by atoms with E-state index in [0.717, 1.165) is 22.2 Å². The minimum atomic E-state index is 0.610. The molecule has 4 nitrogen and oxygen atoms in total.